The Labute approximate surface area is 113 Å². The summed E-state index contributed by atoms with van der Waals surface area (Å²) in [5, 5.41) is 14.9. The van der Waals surface area contributed by atoms with E-state index in [0.717, 1.165) is 22.9 Å². The van der Waals surface area contributed by atoms with Crippen LogP contribution in [0.1, 0.15) is 31.7 Å². The summed E-state index contributed by atoms with van der Waals surface area (Å²) in [6.45, 7) is 4.31. The maximum atomic E-state index is 3.95. The number of nitrogens with one attached hydrogen (secondary N) is 1. The molecular formula is C14H19N5. The third kappa shape index (κ3) is 2.92. The lowest BCUT2D eigenvalue weighted by Crippen LogP contribution is -2.16. The molecule has 1 unspecified atom stereocenters. The predicted molar refractivity (Wildman–Crippen MR) is 74.3 cm³/mol. The van der Waals surface area contributed by atoms with Crippen molar-refractivity contribution >= 4 is 5.69 Å². The van der Waals surface area contributed by atoms with Gasteiger partial charge in [-0.3, -0.25) is 0 Å². The number of rotatable bonds is 5. The summed E-state index contributed by atoms with van der Waals surface area (Å²) < 4.78 is 1.70. The Morgan fingerprint density at radius 3 is 2.95 bits per heavy atom. The van der Waals surface area contributed by atoms with E-state index in [1.54, 1.807) is 11.0 Å². The van der Waals surface area contributed by atoms with E-state index in [9.17, 15) is 0 Å². The summed E-state index contributed by atoms with van der Waals surface area (Å²) in [6, 6.07) is 6.84. The minimum atomic E-state index is 0.511. The van der Waals surface area contributed by atoms with Crippen molar-refractivity contribution in [1.29, 1.82) is 0 Å². The van der Waals surface area contributed by atoms with Gasteiger partial charge < -0.3 is 5.32 Å². The van der Waals surface area contributed by atoms with Crippen LogP contribution in [0.5, 0.6) is 0 Å². The molecule has 1 heterocycles. The number of nitrogens with zero attached hydrogens (tertiary/aromatic N) is 4. The van der Waals surface area contributed by atoms with Gasteiger partial charge in [0.25, 0.3) is 0 Å². The molecule has 0 bridgehead atoms. The van der Waals surface area contributed by atoms with Gasteiger partial charge in [0.2, 0.25) is 0 Å². The van der Waals surface area contributed by atoms with E-state index in [-0.39, 0.29) is 0 Å². The zero-order valence-electron chi connectivity index (χ0n) is 11.4. The fourth-order valence-corrected chi connectivity index (χ4v) is 2.41. The van der Waals surface area contributed by atoms with Crippen molar-refractivity contribution in [2.75, 3.05) is 5.32 Å². The zero-order valence-corrected chi connectivity index (χ0v) is 11.4. The number of aryl methyl sites for hydroxylation is 1. The van der Waals surface area contributed by atoms with Crippen LogP contribution in [0, 0.1) is 12.8 Å². The lowest BCUT2D eigenvalue weighted by atomic mass is 10.1. The molecule has 5 nitrogen and oxygen atoms in total. The molecule has 1 aromatic heterocycles. The van der Waals surface area contributed by atoms with Crippen molar-refractivity contribution < 1.29 is 0 Å². The van der Waals surface area contributed by atoms with Crippen LogP contribution in [0.2, 0.25) is 0 Å². The van der Waals surface area contributed by atoms with Gasteiger partial charge in [0.1, 0.15) is 6.33 Å². The second-order valence-electron chi connectivity index (χ2n) is 5.48. The third-order valence-electron chi connectivity index (χ3n) is 3.60. The SMILES string of the molecule is Cc1ccc(NC(C)CC2CC2)cc1-n1cnnn1. The first-order chi connectivity index (χ1) is 9.22. The van der Waals surface area contributed by atoms with Gasteiger partial charge in [-0.05, 0) is 54.3 Å². The number of benzene rings is 1. The molecule has 0 saturated heterocycles. The standard InChI is InChI=1S/C14H19N5/c1-10-3-6-13(16-11(2)7-12-4-5-12)8-14(10)19-9-15-17-18-19/h3,6,8-9,11-12,16H,4-5,7H2,1-2H3. The number of hydrogen-bond donors (Lipinski definition) is 1. The highest BCUT2D eigenvalue weighted by atomic mass is 15.5. The van der Waals surface area contributed by atoms with Gasteiger partial charge in [-0.2, -0.15) is 0 Å². The summed E-state index contributed by atoms with van der Waals surface area (Å²) in [7, 11) is 0. The molecule has 1 aromatic carbocycles. The smallest absolute Gasteiger partial charge is 0.143 e. The minimum absolute atomic E-state index is 0.511. The lowest BCUT2D eigenvalue weighted by molar-refractivity contribution is 0.642. The average Bonchev–Trinajstić information content (AvgIpc) is 3.03. The van der Waals surface area contributed by atoms with Crippen molar-refractivity contribution in [3.05, 3.63) is 30.1 Å². The summed E-state index contributed by atoms with van der Waals surface area (Å²) in [6.07, 6.45) is 5.68. The highest BCUT2D eigenvalue weighted by Gasteiger charge is 2.23. The zero-order chi connectivity index (χ0) is 13.2. The highest BCUT2D eigenvalue weighted by Crippen LogP contribution is 2.34. The van der Waals surface area contributed by atoms with Crippen molar-refractivity contribution in [2.24, 2.45) is 5.92 Å². The van der Waals surface area contributed by atoms with Gasteiger partial charge in [-0.25, -0.2) is 4.68 Å². The van der Waals surface area contributed by atoms with Crippen molar-refractivity contribution in [1.82, 2.24) is 20.2 Å². The third-order valence-corrected chi connectivity index (χ3v) is 3.60. The minimum Gasteiger partial charge on any atom is -0.383 e. The van der Waals surface area contributed by atoms with Crippen molar-refractivity contribution in [2.45, 2.75) is 39.2 Å². The molecule has 1 aliphatic rings. The molecule has 0 amide bonds. The second kappa shape index (κ2) is 4.99. The van der Waals surface area contributed by atoms with Crippen LogP contribution < -0.4 is 5.32 Å². The quantitative estimate of drug-likeness (QED) is 0.894. The Morgan fingerprint density at radius 2 is 2.26 bits per heavy atom. The topological polar surface area (TPSA) is 55.6 Å². The largest absolute Gasteiger partial charge is 0.383 e. The number of tetrazole rings is 1. The highest BCUT2D eigenvalue weighted by molar-refractivity contribution is 5.54. The van der Waals surface area contributed by atoms with Crippen LogP contribution in [-0.4, -0.2) is 26.2 Å². The fourth-order valence-electron chi connectivity index (χ4n) is 2.41. The van der Waals surface area contributed by atoms with Crippen LogP contribution in [0.3, 0.4) is 0 Å². The van der Waals surface area contributed by atoms with Gasteiger partial charge in [0.05, 0.1) is 5.69 Å². The van der Waals surface area contributed by atoms with E-state index in [1.165, 1.54) is 19.3 Å². The summed E-state index contributed by atoms with van der Waals surface area (Å²) in [5.74, 6) is 0.937. The van der Waals surface area contributed by atoms with Gasteiger partial charge in [0.15, 0.2) is 0 Å². The molecule has 3 rings (SSSR count). The van der Waals surface area contributed by atoms with Crippen LogP contribution in [-0.2, 0) is 0 Å². The van der Waals surface area contributed by atoms with Crippen molar-refractivity contribution in [3.8, 4) is 5.69 Å². The molecular weight excluding hydrogens is 238 g/mol. The Balaban J connectivity index is 1.76. The van der Waals surface area contributed by atoms with Gasteiger partial charge in [0, 0.05) is 11.7 Å². The molecule has 1 N–H and O–H groups in total. The first-order valence-electron chi connectivity index (χ1n) is 6.83. The summed E-state index contributed by atoms with van der Waals surface area (Å²) in [4.78, 5) is 0. The predicted octanol–water partition coefficient (Wildman–Crippen LogP) is 2.57. The number of aromatic nitrogens is 4. The Hall–Kier alpha value is -1.91. The van der Waals surface area contributed by atoms with Gasteiger partial charge in [-0.1, -0.05) is 18.9 Å². The molecule has 1 atom stereocenters. The molecule has 5 heteroatoms. The van der Waals surface area contributed by atoms with E-state index in [4.69, 9.17) is 0 Å². The van der Waals surface area contributed by atoms with Crippen molar-refractivity contribution in [3.63, 3.8) is 0 Å². The van der Waals surface area contributed by atoms with Crippen LogP contribution in [0.15, 0.2) is 24.5 Å². The van der Waals surface area contributed by atoms with Crippen LogP contribution >= 0.6 is 0 Å². The first-order valence-corrected chi connectivity index (χ1v) is 6.83. The monoisotopic (exact) mass is 257 g/mol. The number of hydrogen-bond acceptors (Lipinski definition) is 4. The first kappa shape index (κ1) is 12.1. The van der Waals surface area contributed by atoms with E-state index in [0.29, 0.717) is 6.04 Å². The maximum absolute atomic E-state index is 3.95. The lowest BCUT2D eigenvalue weighted by Gasteiger charge is -2.16. The second-order valence-corrected chi connectivity index (χ2v) is 5.48. The molecule has 2 aromatic rings. The molecule has 100 valence electrons. The van der Waals surface area contributed by atoms with Gasteiger partial charge in [-0.15, -0.1) is 5.10 Å². The Kier molecular flexibility index (Phi) is 3.19. The van der Waals surface area contributed by atoms with E-state index >= 15 is 0 Å². The van der Waals surface area contributed by atoms with Crippen LogP contribution in [0.4, 0.5) is 5.69 Å². The molecule has 0 radical (unpaired) electrons. The normalized spacial score (nSPS) is 16.3. The molecule has 0 aliphatic heterocycles. The average molecular weight is 257 g/mol. The van der Waals surface area contributed by atoms with Gasteiger partial charge >= 0.3 is 0 Å². The molecule has 0 spiro atoms. The number of anilines is 1. The Morgan fingerprint density at radius 1 is 1.42 bits per heavy atom. The maximum Gasteiger partial charge on any atom is 0.143 e. The van der Waals surface area contributed by atoms with E-state index < -0.39 is 0 Å². The van der Waals surface area contributed by atoms with E-state index in [1.807, 2.05) is 0 Å². The Bertz CT molecular complexity index is 545. The summed E-state index contributed by atoms with van der Waals surface area (Å²) in [5.41, 5.74) is 3.31. The summed E-state index contributed by atoms with van der Waals surface area (Å²) >= 11 is 0. The van der Waals surface area contributed by atoms with Crippen LogP contribution in [0.25, 0.3) is 5.69 Å². The fraction of sp³-hybridized carbons (Fsp3) is 0.500. The molecule has 1 aliphatic carbocycles. The molecule has 1 fully saturated rings. The van der Waals surface area contributed by atoms with E-state index in [2.05, 4.69) is 52.9 Å². The molecule has 1 saturated carbocycles. The molecule has 19 heavy (non-hydrogen) atoms.